The predicted molar refractivity (Wildman–Crippen MR) is 98.8 cm³/mol. The maximum absolute atomic E-state index is 12.3. The summed E-state index contributed by atoms with van der Waals surface area (Å²) in [7, 11) is 0. The summed E-state index contributed by atoms with van der Waals surface area (Å²) in [5.41, 5.74) is 9.00. The molecule has 0 unspecified atom stereocenters. The Morgan fingerprint density at radius 2 is 1.91 bits per heavy atom. The Labute approximate surface area is 141 Å². The number of anilines is 2. The highest BCUT2D eigenvalue weighted by Gasteiger charge is 2.15. The molecule has 4 heteroatoms. The van der Waals surface area contributed by atoms with Gasteiger partial charge in [-0.25, -0.2) is 0 Å². The lowest BCUT2D eigenvalue weighted by molar-refractivity contribution is 0.102. The van der Waals surface area contributed by atoms with Crippen molar-refractivity contribution in [2.45, 2.75) is 36.7 Å². The fourth-order valence-electron chi connectivity index (χ4n) is 2.89. The van der Waals surface area contributed by atoms with Gasteiger partial charge in [0.25, 0.3) is 5.91 Å². The van der Waals surface area contributed by atoms with Crippen LogP contribution in [0.25, 0.3) is 0 Å². The number of carbonyl (C=O) groups excluding carboxylic acids is 1. The monoisotopic (exact) mass is 326 g/mol. The zero-order valence-corrected chi connectivity index (χ0v) is 13.9. The van der Waals surface area contributed by atoms with Crippen molar-refractivity contribution in [3.05, 3.63) is 59.7 Å². The van der Waals surface area contributed by atoms with Gasteiger partial charge in [0.15, 0.2) is 0 Å². The van der Waals surface area contributed by atoms with Crippen LogP contribution in [0.2, 0.25) is 0 Å². The number of hydrogen-bond donors (Lipinski definition) is 2. The van der Waals surface area contributed by atoms with Gasteiger partial charge in [0, 0.05) is 27.9 Å². The quantitative estimate of drug-likeness (QED) is 0.783. The third kappa shape index (κ3) is 4.52. The number of hydrogen-bond acceptors (Lipinski definition) is 3. The van der Waals surface area contributed by atoms with Crippen LogP contribution in [0.15, 0.2) is 48.5 Å². The van der Waals surface area contributed by atoms with E-state index in [9.17, 15) is 4.79 Å². The summed E-state index contributed by atoms with van der Waals surface area (Å²) in [5.74, 6) is 0.880. The lowest BCUT2D eigenvalue weighted by Crippen LogP contribution is -2.12. The summed E-state index contributed by atoms with van der Waals surface area (Å²) in [6.45, 7) is 0. The molecule has 1 saturated carbocycles. The highest BCUT2D eigenvalue weighted by Crippen LogP contribution is 2.31. The minimum atomic E-state index is -0.127. The van der Waals surface area contributed by atoms with E-state index in [-0.39, 0.29) is 5.91 Å². The number of benzene rings is 2. The zero-order chi connectivity index (χ0) is 16.1. The second-order valence-corrected chi connectivity index (χ2v) is 7.29. The number of nitrogen functional groups attached to an aromatic ring is 1. The first-order valence-corrected chi connectivity index (χ1v) is 9.13. The number of nitrogens with two attached hydrogens (primary N) is 1. The number of rotatable bonds is 5. The van der Waals surface area contributed by atoms with E-state index in [0.29, 0.717) is 11.3 Å². The SMILES string of the molecule is Nc1cccc(C(=O)Nc2cccc(CSC3CCCC3)c2)c1. The van der Waals surface area contributed by atoms with Gasteiger partial charge in [-0.3, -0.25) is 4.79 Å². The van der Waals surface area contributed by atoms with E-state index >= 15 is 0 Å². The highest BCUT2D eigenvalue weighted by atomic mass is 32.2. The molecule has 1 fully saturated rings. The molecule has 120 valence electrons. The van der Waals surface area contributed by atoms with Crippen molar-refractivity contribution in [2.24, 2.45) is 0 Å². The van der Waals surface area contributed by atoms with Gasteiger partial charge in [-0.05, 0) is 48.7 Å². The van der Waals surface area contributed by atoms with Gasteiger partial charge in [-0.15, -0.1) is 0 Å². The van der Waals surface area contributed by atoms with Crippen LogP contribution < -0.4 is 11.1 Å². The van der Waals surface area contributed by atoms with Crippen LogP contribution >= 0.6 is 11.8 Å². The lowest BCUT2D eigenvalue weighted by Gasteiger charge is -2.10. The number of nitrogens with one attached hydrogen (secondary N) is 1. The number of amides is 1. The Balaban J connectivity index is 1.61. The van der Waals surface area contributed by atoms with Crippen LogP contribution in [-0.4, -0.2) is 11.2 Å². The fraction of sp³-hybridized carbons (Fsp3) is 0.316. The molecule has 3 N–H and O–H groups in total. The fourth-order valence-corrected chi connectivity index (χ4v) is 4.17. The molecule has 0 aliphatic heterocycles. The van der Waals surface area contributed by atoms with E-state index < -0.39 is 0 Å². The summed E-state index contributed by atoms with van der Waals surface area (Å²) in [5, 5.41) is 3.76. The van der Waals surface area contributed by atoms with Gasteiger partial charge in [0.2, 0.25) is 0 Å². The summed E-state index contributed by atoms with van der Waals surface area (Å²) < 4.78 is 0. The Morgan fingerprint density at radius 1 is 1.13 bits per heavy atom. The van der Waals surface area contributed by atoms with Gasteiger partial charge >= 0.3 is 0 Å². The maximum Gasteiger partial charge on any atom is 0.255 e. The van der Waals surface area contributed by atoms with Crippen molar-refractivity contribution < 1.29 is 4.79 Å². The third-order valence-electron chi connectivity index (χ3n) is 4.12. The molecular weight excluding hydrogens is 304 g/mol. The molecule has 0 atom stereocenters. The largest absolute Gasteiger partial charge is 0.399 e. The molecule has 0 aromatic heterocycles. The van der Waals surface area contributed by atoms with Gasteiger partial charge in [-0.2, -0.15) is 11.8 Å². The van der Waals surface area contributed by atoms with Gasteiger partial charge in [0.1, 0.15) is 0 Å². The Morgan fingerprint density at radius 3 is 2.70 bits per heavy atom. The molecule has 1 aliphatic carbocycles. The van der Waals surface area contributed by atoms with Crippen LogP contribution in [0.5, 0.6) is 0 Å². The average molecular weight is 326 g/mol. The second-order valence-electron chi connectivity index (χ2n) is 6.00. The topological polar surface area (TPSA) is 55.1 Å². The molecule has 23 heavy (non-hydrogen) atoms. The highest BCUT2D eigenvalue weighted by molar-refractivity contribution is 7.99. The zero-order valence-electron chi connectivity index (χ0n) is 13.1. The number of thioether (sulfide) groups is 1. The van der Waals surface area contributed by atoms with Crippen molar-refractivity contribution in [1.29, 1.82) is 0 Å². The smallest absolute Gasteiger partial charge is 0.255 e. The van der Waals surface area contributed by atoms with E-state index in [4.69, 9.17) is 5.73 Å². The first-order chi connectivity index (χ1) is 11.2. The molecule has 0 spiro atoms. The van der Waals surface area contributed by atoms with Crippen molar-refractivity contribution in [1.82, 2.24) is 0 Å². The summed E-state index contributed by atoms with van der Waals surface area (Å²) >= 11 is 2.03. The molecule has 0 radical (unpaired) electrons. The summed E-state index contributed by atoms with van der Waals surface area (Å²) in [6.07, 6.45) is 5.43. The van der Waals surface area contributed by atoms with E-state index in [1.54, 1.807) is 24.3 Å². The van der Waals surface area contributed by atoms with E-state index in [1.807, 2.05) is 23.9 Å². The van der Waals surface area contributed by atoms with Crippen LogP contribution in [-0.2, 0) is 5.75 Å². The molecule has 1 aliphatic rings. The molecular formula is C19H22N2OS. The van der Waals surface area contributed by atoms with Crippen LogP contribution in [0.1, 0.15) is 41.6 Å². The minimum Gasteiger partial charge on any atom is -0.399 e. The maximum atomic E-state index is 12.3. The summed E-state index contributed by atoms with van der Waals surface area (Å²) in [4.78, 5) is 12.3. The second kappa shape index (κ2) is 7.55. The normalized spacial score (nSPS) is 14.8. The van der Waals surface area contributed by atoms with Crippen molar-refractivity contribution in [2.75, 3.05) is 11.1 Å². The molecule has 2 aromatic rings. The third-order valence-corrected chi connectivity index (χ3v) is 5.56. The lowest BCUT2D eigenvalue weighted by atomic mass is 10.1. The van der Waals surface area contributed by atoms with E-state index in [2.05, 4.69) is 17.4 Å². The van der Waals surface area contributed by atoms with Crippen molar-refractivity contribution in [3.63, 3.8) is 0 Å². The first-order valence-electron chi connectivity index (χ1n) is 8.08. The Bertz CT molecular complexity index is 681. The minimum absolute atomic E-state index is 0.127. The van der Waals surface area contributed by atoms with Crippen molar-refractivity contribution in [3.8, 4) is 0 Å². The van der Waals surface area contributed by atoms with Gasteiger partial charge < -0.3 is 11.1 Å². The molecule has 1 amide bonds. The van der Waals surface area contributed by atoms with Crippen LogP contribution in [0.4, 0.5) is 11.4 Å². The van der Waals surface area contributed by atoms with Gasteiger partial charge in [0.05, 0.1) is 0 Å². The van der Waals surface area contributed by atoms with Crippen molar-refractivity contribution >= 4 is 29.0 Å². The molecule has 2 aromatic carbocycles. The predicted octanol–water partition coefficient (Wildman–Crippen LogP) is 4.70. The van der Waals surface area contributed by atoms with Crippen LogP contribution in [0, 0.1) is 0 Å². The average Bonchev–Trinajstić information content (AvgIpc) is 3.07. The first kappa shape index (κ1) is 15.9. The molecule has 0 bridgehead atoms. The Hall–Kier alpha value is -1.94. The summed E-state index contributed by atoms with van der Waals surface area (Å²) in [6, 6.07) is 15.1. The number of carbonyl (C=O) groups is 1. The van der Waals surface area contributed by atoms with E-state index in [1.165, 1.54) is 31.2 Å². The van der Waals surface area contributed by atoms with Gasteiger partial charge in [-0.1, -0.05) is 31.0 Å². The molecule has 0 heterocycles. The standard InChI is InChI=1S/C19H22N2OS/c20-16-7-4-6-15(12-16)19(22)21-17-8-3-5-14(11-17)13-23-18-9-1-2-10-18/h3-8,11-12,18H,1-2,9-10,13,20H2,(H,21,22). The molecule has 3 rings (SSSR count). The van der Waals surface area contributed by atoms with Crippen LogP contribution in [0.3, 0.4) is 0 Å². The Kier molecular flexibility index (Phi) is 5.23. The van der Waals surface area contributed by atoms with E-state index in [0.717, 1.165) is 16.7 Å². The molecule has 0 saturated heterocycles. The molecule has 3 nitrogen and oxygen atoms in total.